The van der Waals surface area contributed by atoms with Gasteiger partial charge in [-0.2, -0.15) is 0 Å². The van der Waals surface area contributed by atoms with E-state index in [9.17, 15) is 0 Å². The van der Waals surface area contributed by atoms with E-state index in [2.05, 4.69) is 29.1 Å². The number of ether oxygens (including phenoxy) is 1. The number of hydrogen-bond donors (Lipinski definition) is 1. The molecule has 1 aromatic heterocycles. The monoisotopic (exact) mass is 249 g/mol. The van der Waals surface area contributed by atoms with Gasteiger partial charge in [0.05, 0.1) is 0 Å². The molecule has 1 aromatic rings. The van der Waals surface area contributed by atoms with Crippen molar-refractivity contribution >= 4 is 5.82 Å². The minimum atomic E-state index is -0.235. The van der Waals surface area contributed by atoms with Crippen molar-refractivity contribution in [1.82, 2.24) is 9.97 Å². The van der Waals surface area contributed by atoms with Crippen molar-refractivity contribution in [2.45, 2.75) is 52.1 Å². The average molecular weight is 249 g/mol. The predicted molar refractivity (Wildman–Crippen MR) is 72.8 cm³/mol. The van der Waals surface area contributed by atoms with E-state index < -0.39 is 0 Å². The minimum absolute atomic E-state index is 0.235. The van der Waals surface area contributed by atoms with E-state index in [1.165, 1.54) is 6.42 Å². The summed E-state index contributed by atoms with van der Waals surface area (Å²) in [5, 5.41) is 3.38. The summed E-state index contributed by atoms with van der Waals surface area (Å²) in [6.45, 7) is 7.20. The molecule has 2 rings (SSSR count). The van der Waals surface area contributed by atoms with Crippen LogP contribution < -0.4 is 5.32 Å². The molecule has 1 heterocycles. The molecule has 0 saturated heterocycles. The zero-order valence-electron chi connectivity index (χ0n) is 11.8. The molecule has 0 aromatic carbocycles. The fourth-order valence-corrected chi connectivity index (χ4v) is 2.26. The van der Waals surface area contributed by atoms with Gasteiger partial charge in [0.1, 0.15) is 11.4 Å². The number of rotatable bonds is 5. The first-order valence-electron chi connectivity index (χ1n) is 6.77. The zero-order valence-corrected chi connectivity index (χ0v) is 11.8. The quantitative estimate of drug-likeness (QED) is 0.871. The van der Waals surface area contributed by atoms with E-state index in [0.717, 1.165) is 48.7 Å². The molecular formula is C14H23N3O. The fraction of sp³-hybridized carbons (Fsp3) is 0.714. The second-order valence-electron chi connectivity index (χ2n) is 5.08. The van der Waals surface area contributed by atoms with Gasteiger partial charge in [0, 0.05) is 24.9 Å². The summed E-state index contributed by atoms with van der Waals surface area (Å²) < 4.78 is 5.66. The van der Waals surface area contributed by atoms with Crippen molar-refractivity contribution in [3.8, 4) is 0 Å². The maximum Gasteiger partial charge on any atom is 0.162 e. The van der Waals surface area contributed by atoms with Gasteiger partial charge in [0.15, 0.2) is 5.82 Å². The summed E-state index contributed by atoms with van der Waals surface area (Å²) in [7, 11) is 1.76. The summed E-state index contributed by atoms with van der Waals surface area (Å²) in [4.78, 5) is 9.32. The molecule has 1 N–H and O–H groups in total. The second-order valence-corrected chi connectivity index (χ2v) is 5.08. The van der Waals surface area contributed by atoms with Crippen LogP contribution in [0.1, 0.15) is 49.7 Å². The Morgan fingerprint density at radius 2 is 2.00 bits per heavy atom. The Morgan fingerprint density at radius 3 is 2.50 bits per heavy atom. The normalized spacial score (nSPS) is 17.3. The summed E-state index contributed by atoms with van der Waals surface area (Å²) >= 11 is 0. The fourth-order valence-electron chi connectivity index (χ4n) is 2.26. The van der Waals surface area contributed by atoms with Gasteiger partial charge in [-0.1, -0.05) is 6.92 Å². The second kappa shape index (κ2) is 5.22. The summed E-state index contributed by atoms with van der Waals surface area (Å²) in [6.07, 6.45) is 4.34. The Balaban J connectivity index is 2.34. The number of nitrogens with zero attached hydrogens (tertiary/aromatic N) is 2. The van der Waals surface area contributed by atoms with Gasteiger partial charge in [-0.05, 0) is 39.5 Å². The van der Waals surface area contributed by atoms with Crippen LogP contribution in [0.5, 0.6) is 0 Å². The van der Waals surface area contributed by atoms with Crippen molar-refractivity contribution in [1.29, 1.82) is 0 Å². The Morgan fingerprint density at radius 1 is 1.28 bits per heavy atom. The van der Waals surface area contributed by atoms with E-state index in [1.807, 2.05) is 6.92 Å². The lowest BCUT2D eigenvalue weighted by Gasteiger charge is -2.39. The van der Waals surface area contributed by atoms with E-state index >= 15 is 0 Å². The number of hydrogen-bond acceptors (Lipinski definition) is 4. The minimum Gasteiger partial charge on any atom is -0.370 e. The molecule has 1 aliphatic carbocycles. The largest absolute Gasteiger partial charge is 0.370 e. The molecule has 0 spiro atoms. The van der Waals surface area contributed by atoms with E-state index in [-0.39, 0.29) is 5.60 Å². The Hall–Kier alpha value is -1.16. The molecule has 1 fully saturated rings. The molecular weight excluding hydrogens is 226 g/mol. The van der Waals surface area contributed by atoms with Gasteiger partial charge in [0.2, 0.25) is 0 Å². The molecule has 1 aliphatic rings. The molecule has 0 atom stereocenters. The van der Waals surface area contributed by atoms with E-state index in [1.54, 1.807) is 7.11 Å². The third kappa shape index (κ3) is 2.21. The lowest BCUT2D eigenvalue weighted by Crippen LogP contribution is -2.38. The van der Waals surface area contributed by atoms with Crippen molar-refractivity contribution in [2.24, 2.45) is 0 Å². The molecule has 18 heavy (non-hydrogen) atoms. The molecule has 100 valence electrons. The summed E-state index contributed by atoms with van der Waals surface area (Å²) in [5.74, 6) is 1.81. The molecule has 0 aliphatic heterocycles. The Kier molecular flexibility index (Phi) is 3.85. The van der Waals surface area contributed by atoms with Crippen LogP contribution in [-0.2, 0) is 10.3 Å². The first kappa shape index (κ1) is 13.3. The van der Waals surface area contributed by atoms with Crippen molar-refractivity contribution < 1.29 is 4.74 Å². The Labute approximate surface area is 109 Å². The molecule has 4 nitrogen and oxygen atoms in total. The molecule has 0 radical (unpaired) electrons. The van der Waals surface area contributed by atoms with Crippen molar-refractivity contribution in [2.75, 3.05) is 19.0 Å². The number of aromatic nitrogens is 2. The number of anilines is 1. The maximum absolute atomic E-state index is 5.66. The van der Waals surface area contributed by atoms with Crippen LogP contribution in [0.4, 0.5) is 5.82 Å². The summed E-state index contributed by atoms with van der Waals surface area (Å²) in [6, 6.07) is 0. The number of nitrogens with one attached hydrogen (secondary N) is 1. The first-order valence-corrected chi connectivity index (χ1v) is 6.77. The van der Waals surface area contributed by atoms with Gasteiger partial charge in [0.25, 0.3) is 0 Å². The average Bonchev–Trinajstić information content (AvgIpc) is 2.31. The topological polar surface area (TPSA) is 47.0 Å². The lowest BCUT2D eigenvalue weighted by molar-refractivity contribution is -0.0846. The summed E-state index contributed by atoms with van der Waals surface area (Å²) in [5.41, 5.74) is 1.95. The van der Waals surface area contributed by atoms with Gasteiger partial charge in [-0.3, -0.25) is 0 Å². The van der Waals surface area contributed by atoms with Crippen LogP contribution in [-0.4, -0.2) is 23.6 Å². The highest BCUT2D eigenvalue weighted by molar-refractivity contribution is 5.46. The first-order chi connectivity index (χ1) is 8.63. The standard InChI is InChI=1S/C14H23N3O/c1-5-9-15-12-10(2)11(3)16-13(17-12)14(18-4)7-6-8-14/h5-9H2,1-4H3,(H,15,16,17). The number of methoxy groups -OCH3 is 1. The molecule has 1 saturated carbocycles. The van der Waals surface area contributed by atoms with Crippen LogP contribution in [0.15, 0.2) is 0 Å². The smallest absolute Gasteiger partial charge is 0.162 e. The highest BCUT2D eigenvalue weighted by atomic mass is 16.5. The highest BCUT2D eigenvalue weighted by Gasteiger charge is 2.42. The zero-order chi connectivity index (χ0) is 13.2. The van der Waals surface area contributed by atoms with E-state index in [4.69, 9.17) is 4.74 Å². The number of aryl methyl sites for hydroxylation is 1. The van der Waals surface area contributed by atoms with Gasteiger partial charge >= 0.3 is 0 Å². The van der Waals surface area contributed by atoms with E-state index in [0.29, 0.717) is 0 Å². The van der Waals surface area contributed by atoms with Crippen molar-refractivity contribution in [3.63, 3.8) is 0 Å². The molecule has 4 heteroatoms. The molecule has 0 amide bonds. The van der Waals surface area contributed by atoms with Crippen LogP contribution in [0, 0.1) is 13.8 Å². The van der Waals surface area contributed by atoms with Gasteiger partial charge in [-0.25, -0.2) is 9.97 Å². The van der Waals surface area contributed by atoms with Crippen LogP contribution >= 0.6 is 0 Å². The molecule has 0 unspecified atom stereocenters. The third-order valence-corrected chi connectivity index (χ3v) is 3.89. The third-order valence-electron chi connectivity index (χ3n) is 3.89. The Bertz CT molecular complexity index is 422. The van der Waals surface area contributed by atoms with Crippen LogP contribution in [0.25, 0.3) is 0 Å². The van der Waals surface area contributed by atoms with Crippen molar-refractivity contribution in [3.05, 3.63) is 17.1 Å². The predicted octanol–water partition coefficient (Wildman–Crippen LogP) is 2.94. The van der Waals surface area contributed by atoms with Crippen LogP contribution in [0.2, 0.25) is 0 Å². The maximum atomic E-state index is 5.66. The van der Waals surface area contributed by atoms with Crippen LogP contribution in [0.3, 0.4) is 0 Å². The van der Waals surface area contributed by atoms with Gasteiger partial charge in [-0.15, -0.1) is 0 Å². The SMILES string of the molecule is CCCNc1nc(C2(OC)CCC2)nc(C)c1C. The lowest BCUT2D eigenvalue weighted by atomic mass is 9.79. The van der Waals surface area contributed by atoms with Gasteiger partial charge < -0.3 is 10.1 Å². The highest BCUT2D eigenvalue weighted by Crippen LogP contribution is 2.43. The molecule has 0 bridgehead atoms.